The van der Waals surface area contributed by atoms with Crippen molar-refractivity contribution in [2.45, 2.75) is 63.6 Å². The van der Waals surface area contributed by atoms with Crippen LogP contribution in [0.4, 0.5) is 16.2 Å². The number of methoxy groups -OCH3 is 3. The third kappa shape index (κ3) is 7.22. The smallest absolute Gasteiger partial charge is 0.416 e. The standard InChI is InChI=1S/C36H44N4O10/c1-46-28-14-24-26(37-18-23-13-22(20-41)19-39(23)34(24)44)16-30(28)49-11-5-4-6-12-50-31-17-27-25(15-29(31)47-2)33(43)38-21-36(9-10-36)8-7-32(42)40(27)35(45)48-3/h14-19,23,32,41-42H,4-13,20-21H2,1-3H3,(H,38,43)/t23-,32?/m0/s1. The average molecular weight is 693 g/mol. The van der Waals surface area contributed by atoms with Crippen LogP contribution in [0.2, 0.25) is 0 Å². The van der Waals surface area contributed by atoms with E-state index in [4.69, 9.17) is 23.7 Å². The number of nitrogens with one attached hydrogen (secondary N) is 1. The summed E-state index contributed by atoms with van der Waals surface area (Å²) in [7, 11) is 4.22. The molecular formula is C36H44N4O10. The molecule has 3 N–H and O–H groups in total. The number of benzene rings is 2. The number of nitrogens with zero attached hydrogens (tertiary/aromatic N) is 3. The first-order valence-corrected chi connectivity index (χ1v) is 16.9. The number of aliphatic hydroxyl groups excluding tert-OH is 2. The Morgan fingerprint density at radius 1 is 0.940 bits per heavy atom. The van der Waals surface area contributed by atoms with Gasteiger partial charge in [-0.2, -0.15) is 0 Å². The molecule has 2 atom stereocenters. The fourth-order valence-corrected chi connectivity index (χ4v) is 6.60. The summed E-state index contributed by atoms with van der Waals surface area (Å²) < 4.78 is 28.2. The Kier molecular flexibility index (Phi) is 10.5. The number of aliphatic hydroxyl groups is 2. The molecule has 6 rings (SSSR count). The normalized spacial score (nSPS) is 20.5. The van der Waals surface area contributed by atoms with Gasteiger partial charge >= 0.3 is 6.09 Å². The quantitative estimate of drug-likeness (QED) is 0.288. The Balaban J connectivity index is 1.07. The highest BCUT2D eigenvalue weighted by molar-refractivity contribution is 6.05. The van der Waals surface area contributed by atoms with Gasteiger partial charge in [-0.3, -0.25) is 19.5 Å². The topological polar surface area (TPSA) is 169 Å². The zero-order valence-electron chi connectivity index (χ0n) is 28.6. The van der Waals surface area contributed by atoms with Crippen LogP contribution >= 0.6 is 0 Å². The number of anilines is 1. The zero-order valence-corrected chi connectivity index (χ0v) is 28.6. The molecule has 0 bridgehead atoms. The summed E-state index contributed by atoms with van der Waals surface area (Å²) in [5, 5.41) is 23.6. The molecule has 3 amide bonds. The molecule has 50 heavy (non-hydrogen) atoms. The third-order valence-electron chi connectivity index (χ3n) is 9.76. The number of ether oxygens (including phenoxy) is 5. The molecule has 1 saturated carbocycles. The molecule has 268 valence electrons. The van der Waals surface area contributed by atoms with Gasteiger partial charge in [0, 0.05) is 31.1 Å². The van der Waals surface area contributed by atoms with Crippen molar-refractivity contribution < 1.29 is 48.3 Å². The molecule has 3 aliphatic heterocycles. The molecule has 1 unspecified atom stereocenters. The predicted octanol–water partition coefficient (Wildman–Crippen LogP) is 4.33. The summed E-state index contributed by atoms with van der Waals surface area (Å²) in [5.41, 5.74) is 1.95. The Labute approximate surface area is 290 Å². The first-order valence-electron chi connectivity index (χ1n) is 16.9. The minimum atomic E-state index is -1.19. The monoisotopic (exact) mass is 692 g/mol. The van der Waals surface area contributed by atoms with E-state index in [2.05, 4.69) is 10.3 Å². The van der Waals surface area contributed by atoms with Gasteiger partial charge in [-0.05, 0) is 74.5 Å². The Morgan fingerprint density at radius 3 is 2.26 bits per heavy atom. The van der Waals surface area contributed by atoms with E-state index in [9.17, 15) is 24.6 Å². The van der Waals surface area contributed by atoms with Crippen molar-refractivity contribution in [1.82, 2.24) is 10.2 Å². The van der Waals surface area contributed by atoms with Crippen LogP contribution in [0.3, 0.4) is 0 Å². The van der Waals surface area contributed by atoms with Crippen molar-refractivity contribution in [3.8, 4) is 23.0 Å². The van der Waals surface area contributed by atoms with Gasteiger partial charge in [-0.15, -0.1) is 0 Å². The van der Waals surface area contributed by atoms with Gasteiger partial charge in [0.25, 0.3) is 11.8 Å². The molecule has 2 aromatic rings. The van der Waals surface area contributed by atoms with Crippen LogP contribution in [0.1, 0.15) is 72.1 Å². The van der Waals surface area contributed by atoms with Crippen molar-refractivity contribution in [1.29, 1.82) is 0 Å². The highest BCUT2D eigenvalue weighted by Crippen LogP contribution is 2.50. The lowest BCUT2D eigenvalue weighted by molar-refractivity contribution is 0.0816. The van der Waals surface area contributed by atoms with Gasteiger partial charge in [-0.1, -0.05) is 0 Å². The summed E-state index contributed by atoms with van der Waals surface area (Å²) >= 11 is 0. The maximum atomic E-state index is 13.3. The van der Waals surface area contributed by atoms with Gasteiger partial charge < -0.3 is 44.1 Å². The highest BCUT2D eigenvalue weighted by atomic mass is 16.5. The molecular weight excluding hydrogens is 648 g/mol. The number of carbonyl (C=O) groups is 3. The number of carbonyl (C=O) groups excluding carboxylic acids is 3. The number of fused-ring (bicyclic) bond motifs is 3. The lowest BCUT2D eigenvalue weighted by atomic mass is 9.97. The van der Waals surface area contributed by atoms with Crippen molar-refractivity contribution in [3.63, 3.8) is 0 Å². The maximum Gasteiger partial charge on any atom is 0.416 e. The summed E-state index contributed by atoms with van der Waals surface area (Å²) in [4.78, 5) is 46.7. The number of hydrogen-bond donors (Lipinski definition) is 3. The van der Waals surface area contributed by atoms with E-state index in [0.29, 0.717) is 86.1 Å². The number of amides is 3. The van der Waals surface area contributed by atoms with E-state index < -0.39 is 12.3 Å². The van der Waals surface area contributed by atoms with Crippen LogP contribution < -0.4 is 29.2 Å². The summed E-state index contributed by atoms with van der Waals surface area (Å²) in [6.45, 7) is 1.09. The van der Waals surface area contributed by atoms with Gasteiger partial charge in [0.05, 0.1) is 69.7 Å². The number of hydrogen-bond acceptors (Lipinski definition) is 11. The lowest BCUT2D eigenvalue weighted by Crippen LogP contribution is -2.44. The molecule has 1 spiro atoms. The van der Waals surface area contributed by atoms with Gasteiger partial charge in [0.2, 0.25) is 0 Å². The molecule has 0 aromatic heterocycles. The lowest BCUT2D eigenvalue weighted by Gasteiger charge is -2.31. The van der Waals surface area contributed by atoms with Crippen molar-refractivity contribution in [3.05, 3.63) is 47.2 Å². The average Bonchev–Trinajstić information content (AvgIpc) is 3.81. The molecule has 1 aliphatic carbocycles. The van der Waals surface area contributed by atoms with E-state index in [1.54, 1.807) is 29.4 Å². The van der Waals surface area contributed by atoms with E-state index in [0.717, 1.165) is 29.7 Å². The first-order chi connectivity index (χ1) is 24.2. The van der Waals surface area contributed by atoms with Crippen LogP contribution in [0.5, 0.6) is 23.0 Å². The van der Waals surface area contributed by atoms with Crippen LogP contribution in [-0.4, -0.2) is 99.2 Å². The van der Waals surface area contributed by atoms with E-state index >= 15 is 0 Å². The van der Waals surface area contributed by atoms with Crippen LogP contribution in [0, 0.1) is 5.41 Å². The second kappa shape index (κ2) is 15.0. The second-order valence-electron chi connectivity index (χ2n) is 13.0. The third-order valence-corrected chi connectivity index (χ3v) is 9.76. The molecule has 4 aliphatic rings. The Bertz CT molecular complexity index is 1690. The van der Waals surface area contributed by atoms with Crippen LogP contribution in [0.25, 0.3) is 0 Å². The van der Waals surface area contributed by atoms with Crippen LogP contribution in [-0.2, 0) is 4.74 Å². The fourth-order valence-electron chi connectivity index (χ4n) is 6.60. The summed E-state index contributed by atoms with van der Waals surface area (Å²) in [5.74, 6) is 0.947. The van der Waals surface area contributed by atoms with Gasteiger partial charge in [-0.25, -0.2) is 4.79 Å². The number of unbranched alkanes of at least 4 members (excludes halogenated alkanes) is 2. The highest BCUT2D eigenvalue weighted by Gasteiger charge is 2.44. The predicted molar refractivity (Wildman–Crippen MR) is 183 cm³/mol. The SMILES string of the molecule is COC(=O)N1c2cc(OCCCCCOc3cc4c(cc3OC)C(=O)N3C=C(CO)C[C@H]3C=N4)c(OC)cc2C(=O)NCC2(CCC1O)CC2. The van der Waals surface area contributed by atoms with E-state index in [1.807, 2.05) is 0 Å². The molecule has 3 heterocycles. The Morgan fingerprint density at radius 2 is 1.62 bits per heavy atom. The van der Waals surface area contributed by atoms with Crippen molar-refractivity contribution in [2.75, 3.05) is 52.6 Å². The zero-order chi connectivity index (χ0) is 35.4. The second-order valence-corrected chi connectivity index (χ2v) is 13.0. The molecule has 0 saturated heterocycles. The molecule has 0 radical (unpaired) electrons. The first kappa shape index (κ1) is 35.0. The molecule has 1 fully saturated rings. The number of rotatable bonds is 11. The van der Waals surface area contributed by atoms with Crippen molar-refractivity contribution in [2.24, 2.45) is 10.4 Å². The summed E-state index contributed by atoms with van der Waals surface area (Å²) in [6.07, 6.45) is 6.99. The largest absolute Gasteiger partial charge is 0.493 e. The van der Waals surface area contributed by atoms with Crippen LogP contribution in [0.15, 0.2) is 41.0 Å². The van der Waals surface area contributed by atoms with E-state index in [-0.39, 0.29) is 41.1 Å². The van der Waals surface area contributed by atoms with Gasteiger partial charge in [0.15, 0.2) is 23.0 Å². The molecule has 14 heteroatoms. The molecule has 14 nitrogen and oxygen atoms in total. The molecule has 2 aromatic carbocycles. The fraction of sp³-hybridized carbons (Fsp3) is 0.500. The minimum Gasteiger partial charge on any atom is -0.493 e. The van der Waals surface area contributed by atoms with Crippen molar-refractivity contribution >= 4 is 35.5 Å². The van der Waals surface area contributed by atoms with E-state index in [1.165, 1.54) is 33.5 Å². The van der Waals surface area contributed by atoms with Gasteiger partial charge in [0.1, 0.15) is 6.23 Å². The number of aliphatic imine (C=N–C) groups is 1. The minimum absolute atomic E-state index is 0.0581. The Hall–Kier alpha value is -4.82. The maximum absolute atomic E-state index is 13.3. The summed E-state index contributed by atoms with van der Waals surface area (Å²) in [6, 6.07) is 6.16.